The molecule has 0 aromatic rings. The van der Waals surface area contributed by atoms with E-state index in [1.165, 1.54) is 7.11 Å². The SMILES string of the molecule is COC(C)C(O)NC(=O)OC(C)(C)C. The van der Waals surface area contributed by atoms with Crippen LogP contribution in [-0.2, 0) is 9.47 Å². The second kappa shape index (κ2) is 5.17. The van der Waals surface area contributed by atoms with Crippen molar-refractivity contribution in [1.82, 2.24) is 5.32 Å². The van der Waals surface area contributed by atoms with Crippen molar-refractivity contribution < 1.29 is 19.4 Å². The molecule has 5 heteroatoms. The van der Waals surface area contributed by atoms with Crippen LogP contribution in [0.1, 0.15) is 27.7 Å². The third-order valence-corrected chi connectivity index (χ3v) is 1.48. The normalized spacial score (nSPS) is 15.9. The highest BCUT2D eigenvalue weighted by Gasteiger charge is 2.20. The molecular formula is C9H19NO4. The number of amides is 1. The fraction of sp³-hybridized carbons (Fsp3) is 0.889. The molecule has 0 fully saturated rings. The van der Waals surface area contributed by atoms with Crippen molar-refractivity contribution in [3.05, 3.63) is 0 Å². The third-order valence-electron chi connectivity index (χ3n) is 1.48. The van der Waals surface area contributed by atoms with E-state index in [0.29, 0.717) is 0 Å². The lowest BCUT2D eigenvalue weighted by Crippen LogP contribution is -2.44. The van der Waals surface area contributed by atoms with E-state index in [1.54, 1.807) is 27.7 Å². The number of aliphatic hydroxyl groups excluding tert-OH is 1. The van der Waals surface area contributed by atoms with Crippen molar-refractivity contribution in [2.24, 2.45) is 0 Å². The van der Waals surface area contributed by atoms with E-state index in [2.05, 4.69) is 5.32 Å². The summed E-state index contributed by atoms with van der Waals surface area (Å²) >= 11 is 0. The quantitative estimate of drug-likeness (QED) is 0.671. The van der Waals surface area contributed by atoms with Gasteiger partial charge in [0.1, 0.15) is 5.60 Å². The first-order chi connectivity index (χ1) is 6.26. The van der Waals surface area contributed by atoms with Crippen molar-refractivity contribution in [2.75, 3.05) is 7.11 Å². The second-order valence-electron chi connectivity index (χ2n) is 4.03. The van der Waals surface area contributed by atoms with Gasteiger partial charge in [-0.1, -0.05) is 0 Å². The molecule has 1 amide bonds. The number of carbonyl (C=O) groups is 1. The molecule has 0 aliphatic heterocycles. The molecule has 0 saturated heterocycles. The molecular weight excluding hydrogens is 186 g/mol. The van der Waals surface area contributed by atoms with Gasteiger partial charge in [-0.25, -0.2) is 4.79 Å². The Morgan fingerprint density at radius 3 is 2.29 bits per heavy atom. The molecule has 14 heavy (non-hydrogen) atoms. The first kappa shape index (κ1) is 13.2. The third kappa shape index (κ3) is 5.77. The van der Waals surface area contributed by atoms with Gasteiger partial charge in [-0.3, -0.25) is 5.32 Å². The van der Waals surface area contributed by atoms with Gasteiger partial charge in [0.05, 0.1) is 6.10 Å². The van der Waals surface area contributed by atoms with Gasteiger partial charge in [-0.15, -0.1) is 0 Å². The van der Waals surface area contributed by atoms with Gasteiger partial charge < -0.3 is 14.6 Å². The molecule has 0 radical (unpaired) electrons. The van der Waals surface area contributed by atoms with Crippen molar-refractivity contribution in [1.29, 1.82) is 0 Å². The molecule has 0 aliphatic carbocycles. The molecule has 0 bridgehead atoms. The van der Waals surface area contributed by atoms with Crippen LogP contribution in [-0.4, -0.2) is 36.2 Å². The molecule has 0 saturated carbocycles. The second-order valence-corrected chi connectivity index (χ2v) is 4.03. The summed E-state index contributed by atoms with van der Waals surface area (Å²) in [7, 11) is 1.45. The van der Waals surface area contributed by atoms with E-state index in [1.807, 2.05) is 0 Å². The van der Waals surface area contributed by atoms with Crippen LogP contribution in [0.5, 0.6) is 0 Å². The van der Waals surface area contributed by atoms with Crippen LogP contribution in [0.15, 0.2) is 0 Å². The summed E-state index contributed by atoms with van der Waals surface area (Å²) in [6.45, 7) is 6.89. The minimum atomic E-state index is -1.06. The molecule has 5 nitrogen and oxygen atoms in total. The summed E-state index contributed by atoms with van der Waals surface area (Å²) in [5, 5.41) is 11.6. The number of methoxy groups -OCH3 is 1. The maximum Gasteiger partial charge on any atom is 0.409 e. The van der Waals surface area contributed by atoms with E-state index in [-0.39, 0.29) is 0 Å². The average molecular weight is 205 g/mol. The number of ether oxygens (including phenoxy) is 2. The van der Waals surface area contributed by atoms with Crippen LogP contribution in [0.2, 0.25) is 0 Å². The fourth-order valence-corrected chi connectivity index (χ4v) is 0.675. The molecule has 0 aromatic heterocycles. The van der Waals surface area contributed by atoms with Crippen molar-refractivity contribution in [3.8, 4) is 0 Å². The van der Waals surface area contributed by atoms with E-state index >= 15 is 0 Å². The Labute approximate surface area is 84.4 Å². The van der Waals surface area contributed by atoms with Crippen molar-refractivity contribution in [2.45, 2.75) is 45.6 Å². The Balaban J connectivity index is 3.95. The lowest BCUT2D eigenvalue weighted by molar-refractivity contribution is -0.0260. The van der Waals surface area contributed by atoms with Crippen LogP contribution in [0.3, 0.4) is 0 Å². The monoisotopic (exact) mass is 205 g/mol. The highest BCUT2D eigenvalue weighted by molar-refractivity contribution is 5.67. The molecule has 0 aliphatic rings. The number of rotatable bonds is 3. The van der Waals surface area contributed by atoms with Gasteiger partial charge in [0.25, 0.3) is 0 Å². The maximum atomic E-state index is 11.1. The molecule has 2 unspecified atom stereocenters. The lowest BCUT2D eigenvalue weighted by atomic mass is 10.2. The van der Waals surface area contributed by atoms with Crippen LogP contribution >= 0.6 is 0 Å². The molecule has 84 valence electrons. The average Bonchev–Trinajstić information content (AvgIpc) is 1.99. The van der Waals surface area contributed by atoms with Crippen LogP contribution < -0.4 is 5.32 Å². The fourth-order valence-electron chi connectivity index (χ4n) is 0.675. The Morgan fingerprint density at radius 1 is 1.43 bits per heavy atom. The number of hydrogen-bond donors (Lipinski definition) is 2. The van der Waals surface area contributed by atoms with Gasteiger partial charge in [-0.2, -0.15) is 0 Å². The largest absolute Gasteiger partial charge is 0.444 e. The minimum Gasteiger partial charge on any atom is -0.444 e. The number of aliphatic hydroxyl groups is 1. The smallest absolute Gasteiger partial charge is 0.409 e. The number of nitrogens with one attached hydrogen (secondary N) is 1. The Bertz CT molecular complexity index is 188. The topological polar surface area (TPSA) is 67.8 Å². The number of hydrogen-bond acceptors (Lipinski definition) is 4. The maximum absolute atomic E-state index is 11.1. The van der Waals surface area contributed by atoms with E-state index < -0.39 is 24.0 Å². The highest BCUT2D eigenvalue weighted by Crippen LogP contribution is 2.07. The van der Waals surface area contributed by atoms with E-state index in [9.17, 15) is 9.90 Å². The van der Waals surface area contributed by atoms with Crippen molar-refractivity contribution in [3.63, 3.8) is 0 Å². The van der Waals surface area contributed by atoms with Gasteiger partial charge in [-0.05, 0) is 27.7 Å². The molecule has 0 spiro atoms. The lowest BCUT2D eigenvalue weighted by Gasteiger charge is -2.23. The zero-order chi connectivity index (χ0) is 11.4. The predicted octanol–water partition coefficient (Wildman–Crippen LogP) is 0.864. The van der Waals surface area contributed by atoms with Crippen molar-refractivity contribution >= 4 is 6.09 Å². The van der Waals surface area contributed by atoms with Gasteiger partial charge in [0.2, 0.25) is 0 Å². The molecule has 0 rings (SSSR count). The molecule has 0 heterocycles. The zero-order valence-electron chi connectivity index (χ0n) is 9.33. The summed E-state index contributed by atoms with van der Waals surface area (Å²) in [6.07, 6.45) is -2.19. The summed E-state index contributed by atoms with van der Waals surface area (Å²) < 4.78 is 9.76. The van der Waals surface area contributed by atoms with Gasteiger partial charge in [0.15, 0.2) is 6.23 Å². The highest BCUT2D eigenvalue weighted by atomic mass is 16.6. The minimum absolute atomic E-state index is 0.470. The summed E-state index contributed by atoms with van der Waals surface area (Å²) in [5.74, 6) is 0. The Morgan fingerprint density at radius 2 is 1.93 bits per heavy atom. The molecule has 2 N–H and O–H groups in total. The van der Waals surface area contributed by atoms with Crippen LogP contribution in [0.4, 0.5) is 4.79 Å². The van der Waals surface area contributed by atoms with Crippen LogP contribution in [0, 0.1) is 0 Å². The number of alkyl carbamates (subject to hydrolysis) is 1. The van der Waals surface area contributed by atoms with Crippen LogP contribution in [0.25, 0.3) is 0 Å². The standard InChI is InChI=1S/C9H19NO4/c1-6(13-5)7(11)10-8(12)14-9(2,3)4/h6-7,11H,1-5H3,(H,10,12). The Kier molecular flexibility index (Phi) is 4.87. The summed E-state index contributed by atoms with van der Waals surface area (Å²) in [6, 6.07) is 0. The first-order valence-electron chi connectivity index (χ1n) is 4.46. The number of carbonyl (C=O) groups excluding carboxylic acids is 1. The predicted molar refractivity (Wildman–Crippen MR) is 51.8 cm³/mol. The van der Waals surface area contributed by atoms with E-state index in [4.69, 9.17) is 9.47 Å². The summed E-state index contributed by atoms with van der Waals surface area (Å²) in [4.78, 5) is 11.1. The van der Waals surface area contributed by atoms with Gasteiger partial charge in [0, 0.05) is 7.11 Å². The molecule has 2 atom stereocenters. The summed E-state index contributed by atoms with van der Waals surface area (Å²) in [5.41, 5.74) is -0.569. The van der Waals surface area contributed by atoms with Gasteiger partial charge >= 0.3 is 6.09 Å². The molecule has 0 aromatic carbocycles. The first-order valence-corrected chi connectivity index (χ1v) is 4.46. The zero-order valence-corrected chi connectivity index (χ0v) is 9.33. The van der Waals surface area contributed by atoms with E-state index in [0.717, 1.165) is 0 Å². The Hall–Kier alpha value is -0.810.